The van der Waals surface area contributed by atoms with Crippen LogP contribution in [-0.4, -0.2) is 20.5 Å². The van der Waals surface area contributed by atoms with Gasteiger partial charge in [0, 0.05) is 30.7 Å². The molecule has 0 radical (unpaired) electrons. The summed E-state index contributed by atoms with van der Waals surface area (Å²) in [6, 6.07) is 9.31. The highest BCUT2D eigenvalue weighted by Gasteiger charge is 2.07. The number of aromatic nitrogens is 3. The normalized spacial score (nSPS) is 10.5. The first kappa shape index (κ1) is 11.4. The first-order valence-electron chi connectivity index (χ1n) is 5.94. The predicted octanol–water partition coefficient (Wildman–Crippen LogP) is 1.66. The van der Waals surface area contributed by atoms with Gasteiger partial charge >= 0.3 is 0 Å². The number of carbonyl (C=O) groups is 1. The molecule has 0 fully saturated rings. The van der Waals surface area contributed by atoms with Crippen molar-refractivity contribution in [1.82, 2.24) is 19.9 Å². The van der Waals surface area contributed by atoms with Gasteiger partial charge in [0.15, 0.2) is 0 Å². The van der Waals surface area contributed by atoms with Gasteiger partial charge in [0.1, 0.15) is 0 Å². The molecule has 0 aliphatic rings. The molecule has 19 heavy (non-hydrogen) atoms. The number of hydrogen-bond donors (Lipinski definition) is 1. The molecule has 1 amide bonds. The quantitative estimate of drug-likeness (QED) is 0.771. The number of carbonyl (C=O) groups excluding carboxylic acids is 1. The summed E-state index contributed by atoms with van der Waals surface area (Å²) < 4.78 is 1.78. The summed E-state index contributed by atoms with van der Waals surface area (Å²) in [6.45, 7) is 0.446. The number of fused-ring (bicyclic) bond motifs is 1. The van der Waals surface area contributed by atoms with Crippen LogP contribution < -0.4 is 5.32 Å². The van der Waals surface area contributed by atoms with Gasteiger partial charge in [-0.25, -0.2) is 4.52 Å². The van der Waals surface area contributed by atoms with Crippen molar-refractivity contribution in [2.75, 3.05) is 0 Å². The van der Waals surface area contributed by atoms with Crippen LogP contribution in [0, 0.1) is 0 Å². The first-order chi connectivity index (χ1) is 9.34. The van der Waals surface area contributed by atoms with E-state index in [1.54, 1.807) is 35.2 Å². The van der Waals surface area contributed by atoms with Crippen LogP contribution in [0.15, 0.2) is 55.1 Å². The van der Waals surface area contributed by atoms with Crippen molar-refractivity contribution in [3.05, 3.63) is 66.2 Å². The highest BCUT2D eigenvalue weighted by Crippen LogP contribution is 2.09. The fourth-order valence-electron chi connectivity index (χ4n) is 1.90. The van der Waals surface area contributed by atoms with Crippen molar-refractivity contribution in [1.29, 1.82) is 0 Å². The van der Waals surface area contributed by atoms with Gasteiger partial charge in [-0.1, -0.05) is 6.07 Å². The highest BCUT2D eigenvalue weighted by atomic mass is 16.1. The standard InChI is InChI=1S/C14H12N4O/c19-14(11-4-3-6-15-8-11)16-9-12-10-17-18-7-2-1-5-13(12)18/h1-8,10H,9H2,(H,16,19). The molecule has 5 nitrogen and oxygen atoms in total. The molecule has 0 aromatic carbocycles. The Balaban J connectivity index is 1.75. The van der Waals surface area contributed by atoms with Crippen molar-refractivity contribution in [3.63, 3.8) is 0 Å². The van der Waals surface area contributed by atoms with Crippen molar-refractivity contribution >= 4 is 11.4 Å². The van der Waals surface area contributed by atoms with Crippen LogP contribution in [0.5, 0.6) is 0 Å². The van der Waals surface area contributed by atoms with Crippen molar-refractivity contribution in [3.8, 4) is 0 Å². The Morgan fingerprint density at radius 2 is 2.16 bits per heavy atom. The number of hydrogen-bond acceptors (Lipinski definition) is 3. The van der Waals surface area contributed by atoms with E-state index in [1.807, 2.05) is 24.4 Å². The van der Waals surface area contributed by atoms with Crippen molar-refractivity contribution < 1.29 is 4.79 Å². The third-order valence-electron chi connectivity index (χ3n) is 2.87. The van der Waals surface area contributed by atoms with Crippen molar-refractivity contribution in [2.24, 2.45) is 0 Å². The largest absolute Gasteiger partial charge is 0.348 e. The molecule has 0 saturated heterocycles. The Morgan fingerprint density at radius 3 is 3.00 bits per heavy atom. The number of pyridine rings is 2. The summed E-state index contributed by atoms with van der Waals surface area (Å²) in [5.74, 6) is -0.136. The lowest BCUT2D eigenvalue weighted by molar-refractivity contribution is 0.0950. The molecule has 5 heteroatoms. The lowest BCUT2D eigenvalue weighted by atomic mass is 10.2. The Bertz CT molecular complexity index is 706. The first-order valence-corrected chi connectivity index (χ1v) is 5.94. The van der Waals surface area contributed by atoms with Gasteiger partial charge in [0.25, 0.3) is 5.91 Å². The van der Waals surface area contributed by atoms with Crippen LogP contribution in [0.4, 0.5) is 0 Å². The van der Waals surface area contributed by atoms with Gasteiger partial charge in [-0.2, -0.15) is 5.10 Å². The van der Waals surface area contributed by atoms with E-state index in [4.69, 9.17) is 0 Å². The minimum atomic E-state index is -0.136. The maximum atomic E-state index is 11.9. The Labute approximate surface area is 109 Å². The number of nitrogens with one attached hydrogen (secondary N) is 1. The second-order valence-electron chi connectivity index (χ2n) is 4.12. The van der Waals surface area contributed by atoms with Crippen LogP contribution in [0.25, 0.3) is 5.52 Å². The molecule has 0 aliphatic carbocycles. The van der Waals surface area contributed by atoms with Gasteiger partial charge < -0.3 is 5.32 Å². The SMILES string of the molecule is O=C(NCc1cnn2ccccc12)c1cccnc1. The molecule has 0 spiro atoms. The summed E-state index contributed by atoms with van der Waals surface area (Å²) >= 11 is 0. The van der Waals surface area contributed by atoms with Crippen molar-refractivity contribution in [2.45, 2.75) is 6.54 Å². The van der Waals surface area contributed by atoms with E-state index in [9.17, 15) is 4.79 Å². The molecule has 94 valence electrons. The molecule has 0 bridgehead atoms. The summed E-state index contributed by atoms with van der Waals surface area (Å²) in [5.41, 5.74) is 2.53. The zero-order valence-electron chi connectivity index (χ0n) is 10.2. The number of nitrogens with zero attached hydrogens (tertiary/aromatic N) is 3. The second-order valence-corrected chi connectivity index (χ2v) is 4.12. The average Bonchev–Trinajstić information content (AvgIpc) is 2.89. The predicted molar refractivity (Wildman–Crippen MR) is 70.6 cm³/mol. The average molecular weight is 252 g/mol. The zero-order valence-corrected chi connectivity index (χ0v) is 10.2. The van der Waals surface area contributed by atoms with E-state index < -0.39 is 0 Å². The molecular formula is C14H12N4O. The lowest BCUT2D eigenvalue weighted by Gasteiger charge is -2.03. The van der Waals surface area contributed by atoms with Crippen LogP contribution in [0.2, 0.25) is 0 Å². The molecule has 0 atom stereocenters. The van der Waals surface area contributed by atoms with Gasteiger partial charge in [0.2, 0.25) is 0 Å². The highest BCUT2D eigenvalue weighted by molar-refractivity contribution is 5.93. The monoisotopic (exact) mass is 252 g/mol. The van der Waals surface area contributed by atoms with Gasteiger partial charge in [-0.3, -0.25) is 9.78 Å². The summed E-state index contributed by atoms with van der Waals surface area (Å²) in [5, 5.41) is 7.08. The summed E-state index contributed by atoms with van der Waals surface area (Å²) in [7, 11) is 0. The molecule has 0 saturated carbocycles. The van der Waals surface area contributed by atoms with Crippen LogP contribution in [0.3, 0.4) is 0 Å². The molecule has 1 N–H and O–H groups in total. The van der Waals surface area contributed by atoms with Gasteiger partial charge in [-0.05, 0) is 24.3 Å². The molecule has 0 aliphatic heterocycles. The van der Waals surface area contributed by atoms with Crippen LogP contribution in [-0.2, 0) is 6.54 Å². The fraction of sp³-hybridized carbons (Fsp3) is 0.0714. The van der Waals surface area contributed by atoms with E-state index in [2.05, 4.69) is 15.4 Å². The molecule has 3 rings (SSSR count). The Hall–Kier alpha value is -2.69. The van der Waals surface area contributed by atoms with E-state index in [-0.39, 0.29) is 5.91 Å². The van der Waals surface area contributed by atoms with E-state index >= 15 is 0 Å². The summed E-state index contributed by atoms with van der Waals surface area (Å²) in [4.78, 5) is 15.8. The molecule has 3 heterocycles. The zero-order chi connectivity index (χ0) is 13.1. The van der Waals surface area contributed by atoms with E-state index in [1.165, 1.54) is 0 Å². The molecule has 0 unspecified atom stereocenters. The van der Waals surface area contributed by atoms with Crippen LogP contribution >= 0.6 is 0 Å². The van der Waals surface area contributed by atoms with Crippen LogP contribution in [0.1, 0.15) is 15.9 Å². The fourth-order valence-corrected chi connectivity index (χ4v) is 1.90. The third-order valence-corrected chi connectivity index (χ3v) is 2.87. The molecule has 3 aromatic rings. The molecular weight excluding hydrogens is 240 g/mol. The minimum absolute atomic E-state index is 0.136. The number of rotatable bonds is 3. The lowest BCUT2D eigenvalue weighted by Crippen LogP contribution is -2.22. The van der Waals surface area contributed by atoms with E-state index in [0.29, 0.717) is 12.1 Å². The smallest absolute Gasteiger partial charge is 0.253 e. The topological polar surface area (TPSA) is 59.3 Å². The Kier molecular flexibility index (Phi) is 2.94. The van der Waals surface area contributed by atoms with Gasteiger partial charge in [-0.15, -0.1) is 0 Å². The maximum Gasteiger partial charge on any atom is 0.253 e. The third kappa shape index (κ3) is 2.30. The summed E-state index contributed by atoms with van der Waals surface area (Å²) in [6.07, 6.45) is 6.83. The second kappa shape index (κ2) is 4.89. The molecule has 3 aromatic heterocycles. The minimum Gasteiger partial charge on any atom is -0.348 e. The number of amides is 1. The van der Waals surface area contributed by atoms with E-state index in [0.717, 1.165) is 11.1 Å². The van der Waals surface area contributed by atoms with Gasteiger partial charge in [0.05, 0.1) is 17.3 Å². The maximum absolute atomic E-state index is 11.9. The Morgan fingerprint density at radius 1 is 1.21 bits per heavy atom.